The third kappa shape index (κ3) is 6.71. The van der Waals surface area contributed by atoms with E-state index in [4.69, 9.17) is 14.0 Å². The van der Waals surface area contributed by atoms with Crippen molar-refractivity contribution in [2.75, 3.05) is 19.8 Å². The van der Waals surface area contributed by atoms with Crippen molar-refractivity contribution in [1.29, 1.82) is 0 Å². The van der Waals surface area contributed by atoms with Gasteiger partial charge >= 0.3 is 0 Å². The average Bonchev–Trinajstić information content (AvgIpc) is 3.24. The number of rotatable bonds is 9. The molecule has 3 rings (SSSR count). The number of ether oxygens (including phenoxy) is 1. The van der Waals surface area contributed by atoms with E-state index in [0.29, 0.717) is 6.61 Å². The first-order valence-electron chi connectivity index (χ1n) is 13.1. The van der Waals surface area contributed by atoms with Crippen LogP contribution in [0.15, 0.2) is 29.3 Å². The molecule has 0 spiro atoms. The molecule has 0 aliphatic carbocycles. The van der Waals surface area contributed by atoms with Crippen LogP contribution in [0.3, 0.4) is 0 Å². The van der Waals surface area contributed by atoms with E-state index in [-0.39, 0.29) is 22.2 Å². The predicted molar refractivity (Wildman–Crippen MR) is 144 cm³/mol. The molecule has 2 aliphatic rings. The lowest BCUT2D eigenvalue weighted by Gasteiger charge is -2.52. The Labute approximate surface area is 209 Å². The number of nitrogens with zero attached hydrogens (tertiary/aromatic N) is 2. The van der Waals surface area contributed by atoms with Gasteiger partial charge in [0.25, 0.3) is 0 Å². The first kappa shape index (κ1) is 27.4. The highest BCUT2D eigenvalue weighted by Crippen LogP contribution is 2.42. The fraction of sp³-hybridized carbons (Fsp3) is 0.750. The lowest BCUT2D eigenvalue weighted by atomic mass is 9.82. The van der Waals surface area contributed by atoms with Gasteiger partial charge in [-0.05, 0) is 82.6 Å². The zero-order chi connectivity index (χ0) is 25.2. The number of aryl methyl sites for hydroxylation is 1. The third-order valence-corrected chi connectivity index (χ3v) is 12.4. The number of piperidine rings is 1. The minimum Gasteiger partial charge on any atom is -0.479 e. The Morgan fingerprint density at radius 3 is 2.18 bits per heavy atom. The molecule has 192 valence electrons. The predicted octanol–water partition coefficient (Wildman–Crippen LogP) is 7.09. The van der Waals surface area contributed by atoms with Crippen LogP contribution in [0.25, 0.3) is 0 Å². The Balaban J connectivity index is 1.79. The van der Waals surface area contributed by atoms with Crippen molar-refractivity contribution in [2.45, 2.75) is 116 Å². The van der Waals surface area contributed by atoms with Crippen LogP contribution in [-0.4, -0.2) is 50.1 Å². The molecule has 5 nitrogen and oxygen atoms in total. The van der Waals surface area contributed by atoms with Gasteiger partial charge in [-0.3, -0.25) is 9.83 Å². The summed E-state index contributed by atoms with van der Waals surface area (Å²) in [7, 11) is -1.90. The number of hydrogen-bond acceptors (Lipinski definition) is 5. The van der Waals surface area contributed by atoms with E-state index in [0.717, 1.165) is 44.7 Å². The molecule has 0 bridgehead atoms. The largest absolute Gasteiger partial charge is 0.479 e. The molecule has 1 fully saturated rings. The van der Waals surface area contributed by atoms with Gasteiger partial charge in [0.1, 0.15) is 12.7 Å². The van der Waals surface area contributed by atoms with E-state index in [9.17, 15) is 0 Å². The number of hydroxylamine groups is 2. The molecule has 1 aromatic rings. The van der Waals surface area contributed by atoms with Crippen molar-refractivity contribution < 1.29 is 14.0 Å². The summed E-state index contributed by atoms with van der Waals surface area (Å²) in [6, 6.07) is 8.88. The van der Waals surface area contributed by atoms with Crippen LogP contribution < -0.4 is 0 Å². The van der Waals surface area contributed by atoms with Crippen molar-refractivity contribution >= 4 is 14.2 Å². The summed E-state index contributed by atoms with van der Waals surface area (Å²) in [5, 5.41) is 2.43. The number of aliphatic imine (C=N–C) groups is 1. The lowest BCUT2D eigenvalue weighted by Crippen LogP contribution is -2.58. The monoisotopic (exact) mass is 488 g/mol. The summed E-state index contributed by atoms with van der Waals surface area (Å²) in [5.74, 6) is 0.891. The Bertz CT molecular complexity index is 824. The molecule has 0 aromatic heterocycles. The molecule has 1 unspecified atom stereocenters. The quantitative estimate of drug-likeness (QED) is 0.348. The second-order valence-electron chi connectivity index (χ2n) is 12.8. The Hall–Kier alpha value is -1.21. The highest BCUT2D eigenvalue weighted by Gasteiger charge is 2.44. The van der Waals surface area contributed by atoms with Gasteiger partial charge in [0.2, 0.25) is 0 Å². The molecule has 2 heterocycles. The lowest BCUT2D eigenvalue weighted by molar-refractivity contribution is -0.310. The van der Waals surface area contributed by atoms with Crippen LogP contribution in [0.2, 0.25) is 18.1 Å². The van der Waals surface area contributed by atoms with E-state index >= 15 is 0 Å². The first-order chi connectivity index (χ1) is 15.7. The highest BCUT2D eigenvalue weighted by molar-refractivity contribution is 6.74. The highest BCUT2D eigenvalue weighted by atomic mass is 28.4. The zero-order valence-electron chi connectivity index (χ0n) is 23.2. The molecule has 1 aromatic carbocycles. The first-order valence-corrected chi connectivity index (χ1v) is 16.0. The van der Waals surface area contributed by atoms with Gasteiger partial charge in [0, 0.05) is 17.5 Å². The Morgan fingerprint density at radius 1 is 1.03 bits per heavy atom. The molecule has 6 heteroatoms. The standard InChI is InChI=1S/C28H48N2O3Si/c1-26(2,3)34(8,9)32-21-24(33-30-27(4,5)17-10-18-28(30,6)7)23-14-11-22(12-15-23)13-16-25-29-19-20-31-25/h11-12,14-15,24H,10,13,16-21H2,1-9H3. The van der Waals surface area contributed by atoms with Crippen molar-refractivity contribution in [3.05, 3.63) is 35.4 Å². The normalized spacial score (nSPS) is 21.7. The van der Waals surface area contributed by atoms with Gasteiger partial charge in [0.05, 0.1) is 13.2 Å². The fourth-order valence-electron chi connectivity index (χ4n) is 4.76. The average molecular weight is 489 g/mol. The van der Waals surface area contributed by atoms with Gasteiger partial charge in [0.15, 0.2) is 14.2 Å². The Kier molecular flexibility index (Phi) is 8.39. The van der Waals surface area contributed by atoms with Crippen LogP contribution in [0.5, 0.6) is 0 Å². The van der Waals surface area contributed by atoms with Gasteiger partial charge in [-0.1, -0.05) is 45.0 Å². The molecule has 34 heavy (non-hydrogen) atoms. The maximum atomic E-state index is 6.89. The Morgan fingerprint density at radius 2 is 1.65 bits per heavy atom. The maximum absolute atomic E-state index is 6.89. The van der Waals surface area contributed by atoms with E-state index < -0.39 is 8.32 Å². The molecule has 1 saturated heterocycles. The van der Waals surface area contributed by atoms with Gasteiger partial charge in [-0.25, -0.2) is 0 Å². The molecular formula is C28H48N2O3Si. The topological polar surface area (TPSA) is 43.3 Å². The molecule has 1 atom stereocenters. The van der Waals surface area contributed by atoms with Crippen LogP contribution in [-0.2, 0) is 20.4 Å². The SMILES string of the molecule is CC1(C)CCCC(C)(C)N1OC(CO[Si](C)(C)C(C)(C)C)c1ccc(CCC2=NCCO2)cc1. The van der Waals surface area contributed by atoms with Gasteiger partial charge < -0.3 is 9.16 Å². The van der Waals surface area contributed by atoms with Gasteiger partial charge in [-0.2, -0.15) is 5.06 Å². The van der Waals surface area contributed by atoms with Crippen molar-refractivity contribution in [2.24, 2.45) is 4.99 Å². The summed E-state index contributed by atoms with van der Waals surface area (Å²) in [6.45, 7) is 22.8. The van der Waals surface area contributed by atoms with Gasteiger partial charge in [-0.15, -0.1) is 0 Å². The van der Waals surface area contributed by atoms with E-state index in [1.165, 1.54) is 17.5 Å². The molecule has 0 amide bonds. The van der Waals surface area contributed by atoms with Crippen LogP contribution in [0, 0.1) is 0 Å². The summed E-state index contributed by atoms with van der Waals surface area (Å²) in [6.07, 6.45) is 5.17. The maximum Gasteiger partial charge on any atom is 0.192 e. The molecule has 0 radical (unpaired) electrons. The van der Waals surface area contributed by atoms with Crippen molar-refractivity contribution in [3.8, 4) is 0 Å². The number of hydrogen-bond donors (Lipinski definition) is 0. The van der Waals surface area contributed by atoms with Crippen LogP contribution in [0.1, 0.15) is 91.4 Å². The summed E-state index contributed by atoms with van der Waals surface area (Å²) in [5.41, 5.74) is 2.44. The van der Waals surface area contributed by atoms with E-state index in [2.05, 4.69) is 95.9 Å². The smallest absolute Gasteiger partial charge is 0.192 e. The minimum atomic E-state index is -1.90. The summed E-state index contributed by atoms with van der Waals surface area (Å²) >= 11 is 0. The zero-order valence-corrected chi connectivity index (χ0v) is 24.2. The fourth-order valence-corrected chi connectivity index (χ4v) is 5.76. The summed E-state index contributed by atoms with van der Waals surface area (Å²) < 4.78 is 12.3. The third-order valence-electron chi connectivity index (χ3n) is 7.94. The molecule has 0 N–H and O–H groups in total. The van der Waals surface area contributed by atoms with Crippen molar-refractivity contribution in [3.63, 3.8) is 0 Å². The molecule has 2 aliphatic heterocycles. The minimum absolute atomic E-state index is 0.0150. The van der Waals surface area contributed by atoms with E-state index in [1.54, 1.807) is 0 Å². The molecular weight excluding hydrogens is 440 g/mol. The molecule has 0 saturated carbocycles. The van der Waals surface area contributed by atoms with Crippen LogP contribution >= 0.6 is 0 Å². The summed E-state index contributed by atoms with van der Waals surface area (Å²) in [4.78, 5) is 11.3. The van der Waals surface area contributed by atoms with E-state index in [1.807, 2.05) is 0 Å². The number of benzene rings is 1. The second kappa shape index (κ2) is 10.4. The second-order valence-corrected chi connectivity index (χ2v) is 17.6. The van der Waals surface area contributed by atoms with Crippen molar-refractivity contribution in [1.82, 2.24) is 5.06 Å². The van der Waals surface area contributed by atoms with Crippen LogP contribution in [0.4, 0.5) is 0 Å².